The summed E-state index contributed by atoms with van der Waals surface area (Å²) in [6.45, 7) is 5.09. The first-order valence-electron chi connectivity index (χ1n) is 8.85. The summed E-state index contributed by atoms with van der Waals surface area (Å²) in [5.74, 6) is 0.495. The summed E-state index contributed by atoms with van der Waals surface area (Å²) in [4.78, 5) is 14.3. The van der Waals surface area contributed by atoms with E-state index in [-0.39, 0.29) is 12.1 Å². The highest BCUT2D eigenvalue weighted by Crippen LogP contribution is 2.18. The van der Waals surface area contributed by atoms with Gasteiger partial charge in [-0.2, -0.15) is 5.10 Å². The van der Waals surface area contributed by atoms with Crippen LogP contribution in [0.1, 0.15) is 28.5 Å². The maximum atomic E-state index is 12.0. The minimum atomic E-state index is -0.358. The normalized spacial score (nSPS) is 17.8. The maximum absolute atomic E-state index is 12.0. The number of carbonyl (C=O) groups excluding carboxylic acids is 1. The third-order valence-electron chi connectivity index (χ3n) is 4.44. The van der Waals surface area contributed by atoms with Crippen LogP contribution in [0.25, 0.3) is 0 Å². The van der Waals surface area contributed by atoms with E-state index in [1.165, 1.54) is 5.56 Å². The quantitative estimate of drug-likeness (QED) is 0.763. The Bertz CT molecular complexity index is 714. The number of benzene rings is 1. The average Bonchev–Trinajstić information content (AvgIpc) is 3.11. The zero-order valence-corrected chi connectivity index (χ0v) is 15.2. The molecule has 7 nitrogen and oxygen atoms in total. The van der Waals surface area contributed by atoms with E-state index in [9.17, 15) is 4.79 Å². The smallest absolute Gasteiger partial charge is 0.356 e. The summed E-state index contributed by atoms with van der Waals surface area (Å²) in [5.41, 5.74) is 2.51. The minimum absolute atomic E-state index is 0.120. The van der Waals surface area contributed by atoms with Crippen molar-refractivity contribution in [3.63, 3.8) is 0 Å². The molecule has 140 valence electrons. The Hall–Kier alpha value is -2.38. The molecule has 1 aliphatic rings. The maximum Gasteiger partial charge on any atom is 0.356 e. The Balaban J connectivity index is 1.58. The van der Waals surface area contributed by atoms with Crippen LogP contribution in [0, 0.1) is 0 Å². The van der Waals surface area contributed by atoms with Crippen molar-refractivity contribution in [1.82, 2.24) is 15.1 Å². The summed E-state index contributed by atoms with van der Waals surface area (Å²) in [6.07, 6.45) is 2.66. The molecule has 1 aromatic carbocycles. The van der Waals surface area contributed by atoms with E-state index in [4.69, 9.17) is 14.2 Å². The van der Waals surface area contributed by atoms with Crippen molar-refractivity contribution in [2.45, 2.75) is 26.0 Å². The Labute approximate surface area is 153 Å². The number of nitrogens with zero attached hydrogens (tertiary/aromatic N) is 2. The fourth-order valence-electron chi connectivity index (χ4n) is 3.12. The van der Waals surface area contributed by atoms with E-state index in [1.807, 2.05) is 12.1 Å². The largest absolute Gasteiger partial charge is 0.497 e. The molecule has 0 spiro atoms. The van der Waals surface area contributed by atoms with Crippen LogP contribution >= 0.6 is 0 Å². The van der Waals surface area contributed by atoms with Gasteiger partial charge in [0.2, 0.25) is 0 Å². The lowest BCUT2D eigenvalue weighted by Gasteiger charge is -2.33. The minimum Gasteiger partial charge on any atom is -0.497 e. The highest BCUT2D eigenvalue weighted by atomic mass is 16.5. The molecule has 0 amide bonds. The fourth-order valence-corrected chi connectivity index (χ4v) is 3.12. The molecule has 2 heterocycles. The lowest BCUT2D eigenvalue weighted by Crippen LogP contribution is -2.43. The first-order chi connectivity index (χ1) is 12.7. The highest BCUT2D eigenvalue weighted by molar-refractivity contribution is 5.88. The Morgan fingerprint density at radius 3 is 2.92 bits per heavy atom. The van der Waals surface area contributed by atoms with Crippen LogP contribution in [0.5, 0.6) is 5.75 Å². The first kappa shape index (κ1) is 18.4. The van der Waals surface area contributed by atoms with E-state index in [1.54, 1.807) is 20.2 Å². The molecular formula is C19H25N3O4. The standard InChI is InChI=1S/C19H25N3O4/c1-3-25-19(23)18-15(11-20-21-18)12-22-8-9-26-17(13-22)10-14-4-6-16(24-2)7-5-14/h4-7,11,17H,3,8-10,12-13H2,1-2H3,(H,20,21)/t17-/m1/s1. The first-order valence-corrected chi connectivity index (χ1v) is 8.85. The third-order valence-corrected chi connectivity index (χ3v) is 4.44. The number of morpholine rings is 1. The number of hydrogen-bond acceptors (Lipinski definition) is 6. The molecule has 7 heteroatoms. The number of aromatic nitrogens is 2. The summed E-state index contributed by atoms with van der Waals surface area (Å²) >= 11 is 0. The molecule has 0 radical (unpaired) electrons. The molecule has 26 heavy (non-hydrogen) atoms. The SMILES string of the molecule is CCOC(=O)c1[nH]ncc1CN1CCO[C@H](Cc2ccc(OC)cc2)C1. The predicted octanol–water partition coefficient (Wildman–Crippen LogP) is 2.04. The van der Waals surface area contributed by atoms with Crippen molar-refractivity contribution >= 4 is 5.97 Å². The number of hydrogen-bond donors (Lipinski definition) is 1. The average molecular weight is 359 g/mol. The highest BCUT2D eigenvalue weighted by Gasteiger charge is 2.23. The molecule has 2 aromatic rings. The molecule has 0 saturated carbocycles. The molecule has 0 bridgehead atoms. The van der Waals surface area contributed by atoms with Crippen LogP contribution < -0.4 is 4.74 Å². The molecule has 1 aliphatic heterocycles. The van der Waals surface area contributed by atoms with E-state index < -0.39 is 0 Å². The van der Waals surface area contributed by atoms with E-state index in [0.29, 0.717) is 25.5 Å². The van der Waals surface area contributed by atoms with Crippen LogP contribution in [-0.2, 0) is 22.4 Å². The van der Waals surface area contributed by atoms with Crippen molar-refractivity contribution in [3.05, 3.63) is 47.3 Å². The van der Waals surface area contributed by atoms with Crippen LogP contribution in [0.15, 0.2) is 30.5 Å². The van der Waals surface area contributed by atoms with Gasteiger partial charge in [0.05, 0.1) is 32.6 Å². The lowest BCUT2D eigenvalue weighted by molar-refractivity contribution is -0.0305. The summed E-state index contributed by atoms with van der Waals surface area (Å²) in [5, 5.41) is 6.75. The third kappa shape index (κ3) is 4.62. The number of H-pyrrole nitrogens is 1. The number of methoxy groups -OCH3 is 1. The van der Waals surface area contributed by atoms with E-state index in [2.05, 4.69) is 27.2 Å². The zero-order chi connectivity index (χ0) is 18.4. The van der Waals surface area contributed by atoms with Gasteiger partial charge in [-0.1, -0.05) is 12.1 Å². The van der Waals surface area contributed by atoms with Gasteiger partial charge in [0.15, 0.2) is 0 Å². The molecule has 1 N–H and O–H groups in total. The van der Waals surface area contributed by atoms with Crippen LogP contribution in [0.4, 0.5) is 0 Å². The van der Waals surface area contributed by atoms with Crippen molar-refractivity contribution in [2.24, 2.45) is 0 Å². The second-order valence-corrected chi connectivity index (χ2v) is 6.27. The Morgan fingerprint density at radius 2 is 2.19 bits per heavy atom. The fraction of sp³-hybridized carbons (Fsp3) is 0.474. The van der Waals surface area contributed by atoms with Crippen LogP contribution in [0.3, 0.4) is 0 Å². The van der Waals surface area contributed by atoms with Gasteiger partial charge in [0.1, 0.15) is 11.4 Å². The molecule has 1 atom stereocenters. The second kappa shape index (κ2) is 8.82. The van der Waals surface area contributed by atoms with Gasteiger partial charge in [0.25, 0.3) is 0 Å². The summed E-state index contributed by atoms with van der Waals surface area (Å²) in [6, 6.07) is 8.06. The summed E-state index contributed by atoms with van der Waals surface area (Å²) in [7, 11) is 1.66. The van der Waals surface area contributed by atoms with Gasteiger partial charge in [-0.3, -0.25) is 10.00 Å². The summed E-state index contributed by atoms with van der Waals surface area (Å²) < 4.78 is 16.2. The molecule has 1 saturated heterocycles. The van der Waals surface area contributed by atoms with Crippen LogP contribution in [0.2, 0.25) is 0 Å². The molecule has 0 aliphatic carbocycles. The van der Waals surface area contributed by atoms with Crippen molar-refractivity contribution in [2.75, 3.05) is 33.4 Å². The zero-order valence-electron chi connectivity index (χ0n) is 15.2. The Kier molecular flexibility index (Phi) is 6.25. The number of carbonyl (C=O) groups is 1. The molecule has 1 fully saturated rings. The van der Waals surface area contributed by atoms with Crippen molar-refractivity contribution in [1.29, 1.82) is 0 Å². The number of rotatable bonds is 7. The number of nitrogens with one attached hydrogen (secondary N) is 1. The molecule has 3 rings (SSSR count). The van der Waals surface area contributed by atoms with Crippen molar-refractivity contribution < 1.29 is 19.0 Å². The van der Waals surface area contributed by atoms with Gasteiger partial charge in [-0.25, -0.2) is 4.79 Å². The molecule has 1 aromatic heterocycles. The number of aromatic amines is 1. The van der Waals surface area contributed by atoms with Gasteiger partial charge < -0.3 is 14.2 Å². The van der Waals surface area contributed by atoms with Gasteiger partial charge in [0, 0.05) is 25.2 Å². The Morgan fingerprint density at radius 1 is 1.38 bits per heavy atom. The van der Waals surface area contributed by atoms with Crippen molar-refractivity contribution in [3.8, 4) is 5.75 Å². The van der Waals surface area contributed by atoms with E-state index >= 15 is 0 Å². The molecule has 0 unspecified atom stereocenters. The predicted molar refractivity (Wildman–Crippen MR) is 96.3 cm³/mol. The van der Waals surface area contributed by atoms with Gasteiger partial charge >= 0.3 is 5.97 Å². The van der Waals surface area contributed by atoms with Crippen LogP contribution in [-0.4, -0.2) is 60.6 Å². The topological polar surface area (TPSA) is 76.7 Å². The molecular weight excluding hydrogens is 334 g/mol. The second-order valence-electron chi connectivity index (χ2n) is 6.27. The van der Waals surface area contributed by atoms with Gasteiger partial charge in [-0.05, 0) is 31.0 Å². The number of esters is 1. The van der Waals surface area contributed by atoms with Gasteiger partial charge in [-0.15, -0.1) is 0 Å². The monoisotopic (exact) mass is 359 g/mol. The lowest BCUT2D eigenvalue weighted by atomic mass is 10.1. The van der Waals surface area contributed by atoms with E-state index in [0.717, 1.165) is 30.8 Å². The number of ether oxygens (including phenoxy) is 3.